The van der Waals surface area contributed by atoms with E-state index in [9.17, 15) is 13.2 Å². The van der Waals surface area contributed by atoms with Crippen molar-refractivity contribution in [3.05, 3.63) is 0 Å². The highest BCUT2D eigenvalue weighted by atomic mass is 32.2. The summed E-state index contributed by atoms with van der Waals surface area (Å²) in [5.41, 5.74) is 0. The third-order valence-corrected chi connectivity index (χ3v) is 5.20. The molecule has 4 nitrogen and oxygen atoms in total. The molecular formula is C11H20O4S. The van der Waals surface area contributed by atoms with Gasteiger partial charge in [0.15, 0.2) is 0 Å². The minimum Gasteiger partial charge on any atom is -0.481 e. The Morgan fingerprint density at radius 1 is 1.38 bits per heavy atom. The van der Waals surface area contributed by atoms with Crippen molar-refractivity contribution in [2.75, 3.05) is 11.5 Å². The van der Waals surface area contributed by atoms with E-state index in [0.29, 0.717) is 0 Å². The molecule has 1 atom stereocenters. The van der Waals surface area contributed by atoms with Crippen LogP contribution in [-0.2, 0) is 14.6 Å². The second-order valence-electron chi connectivity index (χ2n) is 4.51. The molecule has 0 radical (unpaired) electrons. The third kappa shape index (κ3) is 3.77. The Hall–Kier alpha value is -0.580. The zero-order valence-corrected chi connectivity index (χ0v) is 10.5. The van der Waals surface area contributed by atoms with E-state index in [-0.39, 0.29) is 23.8 Å². The predicted octanol–water partition coefficient (Wildman–Crippen LogP) is 1.70. The maximum atomic E-state index is 11.3. The van der Waals surface area contributed by atoms with E-state index < -0.39 is 21.7 Å². The van der Waals surface area contributed by atoms with E-state index in [2.05, 4.69) is 0 Å². The van der Waals surface area contributed by atoms with Crippen LogP contribution in [0.5, 0.6) is 0 Å². The van der Waals surface area contributed by atoms with Gasteiger partial charge in [0.1, 0.15) is 9.84 Å². The monoisotopic (exact) mass is 248 g/mol. The summed E-state index contributed by atoms with van der Waals surface area (Å²) in [5, 5.41) is 9.11. The van der Waals surface area contributed by atoms with E-state index in [4.69, 9.17) is 5.11 Å². The lowest BCUT2D eigenvalue weighted by molar-refractivity contribution is -0.143. The smallest absolute Gasteiger partial charge is 0.306 e. The second kappa shape index (κ2) is 5.66. The molecule has 0 aromatic rings. The minimum atomic E-state index is -3.04. The van der Waals surface area contributed by atoms with Crippen LogP contribution in [0.3, 0.4) is 0 Å². The van der Waals surface area contributed by atoms with Gasteiger partial charge in [-0.2, -0.15) is 0 Å². The second-order valence-corrected chi connectivity index (χ2v) is 6.99. The number of rotatable bonds is 6. The average molecular weight is 248 g/mol. The quantitative estimate of drug-likeness (QED) is 0.776. The molecular weight excluding hydrogens is 228 g/mol. The summed E-state index contributed by atoms with van der Waals surface area (Å²) in [6.45, 7) is 1.60. The molecule has 0 saturated heterocycles. The zero-order valence-electron chi connectivity index (χ0n) is 9.68. The molecule has 0 amide bonds. The first-order valence-electron chi connectivity index (χ1n) is 5.89. The highest BCUT2D eigenvalue weighted by Crippen LogP contribution is 2.33. The van der Waals surface area contributed by atoms with Crippen molar-refractivity contribution in [3.63, 3.8) is 0 Å². The van der Waals surface area contributed by atoms with E-state index in [1.165, 1.54) is 0 Å². The first kappa shape index (κ1) is 13.5. The molecule has 0 spiro atoms. The normalized spacial score (nSPS) is 19.8. The molecule has 0 aromatic heterocycles. The predicted molar refractivity (Wildman–Crippen MR) is 62.0 cm³/mol. The van der Waals surface area contributed by atoms with Crippen molar-refractivity contribution in [1.82, 2.24) is 0 Å². The van der Waals surface area contributed by atoms with Crippen LogP contribution in [0.4, 0.5) is 0 Å². The number of hydrogen-bond donors (Lipinski definition) is 1. The number of carboxylic acid groups (broad SMARTS) is 1. The van der Waals surface area contributed by atoms with Crippen molar-refractivity contribution in [2.45, 2.75) is 39.0 Å². The molecule has 0 bridgehead atoms. The minimum absolute atomic E-state index is 0.0109. The van der Waals surface area contributed by atoms with Gasteiger partial charge in [-0.25, -0.2) is 8.42 Å². The number of carboxylic acids is 1. The molecule has 0 aliphatic heterocycles. The van der Waals surface area contributed by atoms with Gasteiger partial charge >= 0.3 is 5.97 Å². The summed E-state index contributed by atoms with van der Waals surface area (Å²) in [7, 11) is -3.04. The van der Waals surface area contributed by atoms with Gasteiger partial charge in [0.2, 0.25) is 0 Å². The van der Waals surface area contributed by atoms with Crippen LogP contribution in [-0.4, -0.2) is 31.0 Å². The molecule has 0 aromatic carbocycles. The lowest BCUT2D eigenvalue weighted by Crippen LogP contribution is -2.25. The number of aliphatic carboxylic acids is 1. The molecule has 1 fully saturated rings. The summed E-state index contributed by atoms with van der Waals surface area (Å²) < 4.78 is 22.7. The Kier molecular flexibility index (Phi) is 4.77. The molecule has 94 valence electrons. The summed E-state index contributed by atoms with van der Waals surface area (Å²) >= 11 is 0. The van der Waals surface area contributed by atoms with Gasteiger partial charge in [0.05, 0.1) is 11.7 Å². The molecule has 1 aliphatic carbocycles. The Bertz CT molecular complexity index is 328. The van der Waals surface area contributed by atoms with Gasteiger partial charge in [-0.3, -0.25) is 4.79 Å². The van der Waals surface area contributed by atoms with Crippen molar-refractivity contribution in [2.24, 2.45) is 11.8 Å². The van der Waals surface area contributed by atoms with Gasteiger partial charge in [-0.1, -0.05) is 19.8 Å². The Morgan fingerprint density at radius 3 is 2.38 bits per heavy atom. The maximum absolute atomic E-state index is 11.3. The fourth-order valence-corrected chi connectivity index (χ4v) is 3.27. The van der Waals surface area contributed by atoms with Crippen LogP contribution in [0.15, 0.2) is 0 Å². The van der Waals surface area contributed by atoms with Crippen LogP contribution >= 0.6 is 0 Å². The van der Waals surface area contributed by atoms with E-state index in [1.54, 1.807) is 6.92 Å². The molecule has 1 saturated carbocycles. The van der Waals surface area contributed by atoms with Crippen LogP contribution in [0, 0.1) is 11.8 Å². The Morgan fingerprint density at radius 2 is 1.94 bits per heavy atom. The zero-order chi connectivity index (χ0) is 12.2. The Labute approximate surface area is 97.0 Å². The first-order chi connectivity index (χ1) is 7.46. The van der Waals surface area contributed by atoms with Crippen LogP contribution in [0.1, 0.15) is 39.0 Å². The SMILES string of the molecule is CCS(=O)(=O)CCC(C(=O)O)C1CCCC1. The molecule has 16 heavy (non-hydrogen) atoms. The molecule has 0 heterocycles. The summed E-state index contributed by atoms with van der Waals surface area (Å²) in [4.78, 5) is 11.1. The molecule has 1 unspecified atom stereocenters. The Balaban J connectivity index is 2.55. The van der Waals surface area contributed by atoms with E-state index in [0.717, 1.165) is 25.7 Å². The standard InChI is InChI=1S/C11H20O4S/c1-2-16(14,15)8-7-10(11(12)13)9-5-3-4-6-9/h9-10H,2-8H2,1H3,(H,12,13). The number of sulfone groups is 1. The fraction of sp³-hybridized carbons (Fsp3) is 0.909. The largest absolute Gasteiger partial charge is 0.481 e. The molecule has 1 rings (SSSR count). The van der Waals surface area contributed by atoms with E-state index >= 15 is 0 Å². The number of carbonyl (C=O) groups is 1. The summed E-state index contributed by atoms with van der Waals surface area (Å²) in [5.74, 6) is -1.01. The summed E-state index contributed by atoms with van der Waals surface area (Å²) in [6, 6.07) is 0. The lowest BCUT2D eigenvalue weighted by Gasteiger charge is -2.18. The maximum Gasteiger partial charge on any atom is 0.306 e. The van der Waals surface area contributed by atoms with Crippen molar-refractivity contribution in [1.29, 1.82) is 0 Å². The van der Waals surface area contributed by atoms with Crippen molar-refractivity contribution >= 4 is 15.8 Å². The van der Waals surface area contributed by atoms with Gasteiger partial charge in [0.25, 0.3) is 0 Å². The van der Waals surface area contributed by atoms with Crippen molar-refractivity contribution < 1.29 is 18.3 Å². The molecule has 1 N–H and O–H groups in total. The first-order valence-corrected chi connectivity index (χ1v) is 7.71. The van der Waals surface area contributed by atoms with Gasteiger partial charge in [0, 0.05) is 5.75 Å². The van der Waals surface area contributed by atoms with Gasteiger partial charge in [-0.15, -0.1) is 0 Å². The topological polar surface area (TPSA) is 71.4 Å². The average Bonchev–Trinajstić information content (AvgIpc) is 2.71. The van der Waals surface area contributed by atoms with Gasteiger partial charge < -0.3 is 5.11 Å². The molecule has 1 aliphatic rings. The van der Waals surface area contributed by atoms with Crippen LogP contribution in [0.2, 0.25) is 0 Å². The van der Waals surface area contributed by atoms with Crippen LogP contribution < -0.4 is 0 Å². The van der Waals surface area contributed by atoms with Gasteiger partial charge in [-0.05, 0) is 25.2 Å². The number of hydrogen-bond acceptors (Lipinski definition) is 3. The third-order valence-electron chi connectivity index (χ3n) is 3.47. The van der Waals surface area contributed by atoms with E-state index in [1.807, 2.05) is 0 Å². The summed E-state index contributed by atoms with van der Waals surface area (Å²) in [6.07, 6.45) is 4.30. The highest BCUT2D eigenvalue weighted by molar-refractivity contribution is 7.91. The lowest BCUT2D eigenvalue weighted by atomic mass is 9.89. The van der Waals surface area contributed by atoms with Crippen molar-refractivity contribution in [3.8, 4) is 0 Å². The van der Waals surface area contributed by atoms with Crippen LogP contribution in [0.25, 0.3) is 0 Å². The fourth-order valence-electron chi connectivity index (χ4n) is 2.37. The molecule has 5 heteroatoms. The highest BCUT2D eigenvalue weighted by Gasteiger charge is 2.31.